The van der Waals surface area contributed by atoms with Crippen LogP contribution in [-0.2, 0) is 4.79 Å². The van der Waals surface area contributed by atoms with E-state index in [0.717, 1.165) is 0 Å². The van der Waals surface area contributed by atoms with Crippen molar-refractivity contribution in [1.82, 2.24) is 4.90 Å². The molecule has 0 fully saturated rings. The minimum absolute atomic E-state index is 0.00222. The first kappa shape index (κ1) is 11.8. The normalized spacial score (nSPS) is 17.4. The molecule has 0 aromatic carbocycles. The highest BCUT2D eigenvalue weighted by Crippen LogP contribution is 2.27. The van der Waals surface area contributed by atoms with E-state index in [-0.39, 0.29) is 23.1 Å². The Bertz CT molecular complexity index is 599. The van der Waals surface area contributed by atoms with Crippen LogP contribution in [0.3, 0.4) is 0 Å². The first-order chi connectivity index (χ1) is 8.40. The molecule has 1 aliphatic rings. The summed E-state index contributed by atoms with van der Waals surface area (Å²) >= 11 is 0. The van der Waals surface area contributed by atoms with E-state index in [1.165, 1.54) is 24.1 Å². The zero-order valence-electron chi connectivity index (χ0n) is 9.71. The molecule has 1 aromatic rings. The molecule has 18 heavy (non-hydrogen) atoms. The number of hydrogen-bond donors (Lipinski definition) is 1. The standard InChI is InChI=1S/C10H10N4O4/c1-5-3-6(14(16)17)8(18-5)4-7-9(15)12-10(11)13(7)2/h3-4H,1-2H3,(H2,11,12,15)/b7-4-. The maximum atomic E-state index is 11.5. The molecule has 94 valence electrons. The third-order valence-corrected chi connectivity index (χ3v) is 2.47. The number of nitrogens with zero attached hydrogens (tertiary/aromatic N) is 3. The third-order valence-electron chi connectivity index (χ3n) is 2.47. The topological polar surface area (TPSA) is 115 Å². The smallest absolute Gasteiger partial charge is 0.314 e. The first-order valence-corrected chi connectivity index (χ1v) is 4.99. The number of furan rings is 1. The Balaban J connectivity index is 2.46. The summed E-state index contributed by atoms with van der Waals surface area (Å²) in [6, 6.07) is 1.29. The number of nitrogens with two attached hydrogens (primary N) is 1. The van der Waals surface area contributed by atoms with Crippen molar-refractivity contribution >= 4 is 23.6 Å². The van der Waals surface area contributed by atoms with Gasteiger partial charge >= 0.3 is 5.69 Å². The number of carbonyl (C=O) groups excluding carboxylic acids is 1. The molecule has 2 N–H and O–H groups in total. The van der Waals surface area contributed by atoms with Crippen LogP contribution in [0.25, 0.3) is 6.08 Å². The lowest BCUT2D eigenvalue weighted by Crippen LogP contribution is -2.28. The summed E-state index contributed by atoms with van der Waals surface area (Å²) in [7, 11) is 1.54. The number of nitro groups is 1. The Labute approximate surface area is 102 Å². The van der Waals surface area contributed by atoms with Crippen molar-refractivity contribution in [1.29, 1.82) is 0 Å². The van der Waals surface area contributed by atoms with E-state index in [1.54, 1.807) is 6.92 Å². The van der Waals surface area contributed by atoms with Gasteiger partial charge in [0.2, 0.25) is 11.7 Å². The number of rotatable bonds is 2. The number of aryl methyl sites for hydroxylation is 1. The molecule has 0 saturated carbocycles. The van der Waals surface area contributed by atoms with E-state index >= 15 is 0 Å². The zero-order chi connectivity index (χ0) is 13.4. The molecule has 2 heterocycles. The lowest BCUT2D eigenvalue weighted by atomic mass is 10.3. The fourth-order valence-electron chi connectivity index (χ4n) is 1.55. The summed E-state index contributed by atoms with van der Waals surface area (Å²) < 4.78 is 5.18. The van der Waals surface area contributed by atoms with Gasteiger partial charge in [-0.1, -0.05) is 0 Å². The van der Waals surface area contributed by atoms with E-state index in [0.29, 0.717) is 5.76 Å². The molecule has 0 atom stereocenters. The monoisotopic (exact) mass is 250 g/mol. The largest absolute Gasteiger partial charge is 0.454 e. The minimum Gasteiger partial charge on any atom is -0.454 e. The van der Waals surface area contributed by atoms with Crippen molar-refractivity contribution < 1.29 is 14.1 Å². The second kappa shape index (κ2) is 3.99. The molecular formula is C10H10N4O4. The summed E-state index contributed by atoms with van der Waals surface area (Å²) in [6.07, 6.45) is 1.26. The van der Waals surface area contributed by atoms with E-state index in [2.05, 4.69) is 4.99 Å². The molecule has 0 spiro atoms. The highest BCUT2D eigenvalue weighted by Gasteiger charge is 2.27. The van der Waals surface area contributed by atoms with Crippen molar-refractivity contribution in [2.75, 3.05) is 7.05 Å². The van der Waals surface area contributed by atoms with Crippen molar-refractivity contribution in [3.05, 3.63) is 33.4 Å². The van der Waals surface area contributed by atoms with E-state index < -0.39 is 10.8 Å². The average molecular weight is 250 g/mol. The highest BCUT2D eigenvalue weighted by atomic mass is 16.6. The summed E-state index contributed by atoms with van der Waals surface area (Å²) in [5.41, 5.74) is 5.39. The summed E-state index contributed by atoms with van der Waals surface area (Å²) in [6.45, 7) is 1.58. The Morgan fingerprint density at radius 3 is 2.78 bits per heavy atom. The van der Waals surface area contributed by atoms with E-state index in [9.17, 15) is 14.9 Å². The zero-order valence-corrected chi connectivity index (χ0v) is 9.71. The molecule has 1 amide bonds. The van der Waals surface area contributed by atoms with Crippen LogP contribution < -0.4 is 5.73 Å². The summed E-state index contributed by atoms with van der Waals surface area (Å²) in [4.78, 5) is 26.6. The van der Waals surface area contributed by atoms with Crippen LogP contribution in [0.1, 0.15) is 11.5 Å². The Morgan fingerprint density at radius 1 is 1.61 bits per heavy atom. The predicted molar refractivity (Wildman–Crippen MR) is 62.5 cm³/mol. The van der Waals surface area contributed by atoms with Gasteiger partial charge in [-0.05, 0) is 6.92 Å². The van der Waals surface area contributed by atoms with E-state index in [1.807, 2.05) is 0 Å². The number of hydrogen-bond acceptors (Lipinski definition) is 6. The Hall–Kier alpha value is -2.64. The van der Waals surface area contributed by atoms with Gasteiger partial charge in [0.05, 0.1) is 11.0 Å². The number of aliphatic imine (C=N–C) groups is 1. The lowest BCUT2D eigenvalue weighted by molar-refractivity contribution is -0.385. The van der Waals surface area contributed by atoms with E-state index in [4.69, 9.17) is 10.2 Å². The van der Waals surface area contributed by atoms with Gasteiger partial charge in [-0.3, -0.25) is 14.9 Å². The minimum atomic E-state index is -0.577. The number of guanidine groups is 1. The van der Waals surface area contributed by atoms with Crippen molar-refractivity contribution in [2.24, 2.45) is 10.7 Å². The average Bonchev–Trinajstić information content (AvgIpc) is 2.75. The number of carbonyl (C=O) groups is 1. The molecule has 0 saturated heterocycles. The van der Waals surface area contributed by atoms with Gasteiger partial charge in [-0.2, -0.15) is 4.99 Å². The molecule has 0 bridgehead atoms. The first-order valence-electron chi connectivity index (χ1n) is 4.99. The predicted octanol–water partition coefficient (Wildman–Crippen LogP) is 0.624. The molecule has 2 rings (SSSR count). The second-order valence-electron chi connectivity index (χ2n) is 3.73. The van der Waals surface area contributed by atoms with Crippen LogP contribution in [0.4, 0.5) is 5.69 Å². The van der Waals surface area contributed by atoms with Crippen LogP contribution in [0.5, 0.6) is 0 Å². The van der Waals surface area contributed by atoms with Gasteiger partial charge in [-0.15, -0.1) is 0 Å². The highest BCUT2D eigenvalue weighted by molar-refractivity contribution is 6.12. The number of amides is 1. The van der Waals surface area contributed by atoms with Crippen molar-refractivity contribution in [3.63, 3.8) is 0 Å². The lowest BCUT2D eigenvalue weighted by Gasteiger charge is -2.10. The molecule has 1 aliphatic heterocycles. The van der Waals surface area contributed by atoms with Crippen molar-refractivity contribution in [2.45, 2.75) is 6.92 Å². The summed E-state index contributed by atoms with van der Waals surface area (Å²) in [5, 5.41) is 10.8. The van der Waals surface area contributed by atoms with Crippen LogP contribution in [0.15, 0.2) is 21.2 Å². The Morgan fingerprint density at radius 2 is 2.28 bits per heavy atom. The van der Waals surface area contributed by atoms with Crippen LogP contribution in [0, 0.1) is 17.0 Å². The van der Waals surface area contributed by atoms with Gasteiger partial charge < -0.3 is 15.1 Å². The fourth-order valence-corrected chi connectivity index (χ4v) is 1.55. The van der Waals surface area contributed by atoms with Crippen molar-refractivity contribution in [3.8, 4) is 0 Å². The maximum absolute atomic E-state index is 11.5. The molecule has 1 aromatic heterocycles. The van der Waals surface area contributed by atoms with Gasteiger partial charge in [0.1, 0.15) is 11.5 Å². The van der Waals surface area contributed by atoms with Crippen LogP contribution in [0.2, 0.25) is 0 Å². The molecule has 8 nitrogen and oxygen atoms in total. The fraction of sp³-hybridized carbons (Fsp3) is 0.200. The molecule has 8 heteroatoms. The van der Waals surface area contributed by atoms with Gasteiger partial charge in [0.15, 0.2) is 0 Å². The number of likely N-dealkylation sites (N-methyl/N-ethyl adjacent to an activating group) is 1. The maximum Gasteiger partial charge on any atom is 0.314 e. The quantitative estimate of drug-likeness (QED) is 0.467. The third kappa shape index (κ3) is 1.83. The SMILES string of the molecule is Cc1cc([N+](=O)[O-])c(/C=C2/C(=O)N=C(N)N2C)o1. The molecule has 0 radical (unpaired) electrons. The molecule has 0 unspecified atom stereocenters. The second-order valence-corrected chi connectivity index (χ2v) is 3.73. The van der Waals surface area contributed by atoms with Gasteiger partial charge in [-0.25, -0.2) is 0 Å². The van der Waals surface area contributed by atoms with Crippen LogP contribution in [-0.4, -0.2) is 28.7 Å². The van der Waals surface area contributed by atoms with Crippen LogP contribution >= 0.6 is 0 Å². The Kier molecular flexibility index (Phi) is 2.62. The van der Waals surface area contributed by atoms with Gasteiger partial charge in [0, 0.05) is 13.1 Å². The summed E-state index contributed by atoms with van der Waals surface area (Å²) in [5.74, 6) is -0.135. The molecular weight excluding hydrogens is 240 g/mol. The molecule has 0 aliphatic carbocycles. The van der Waals surface area contributed by atoms with Gasteiger partial charge in [0.25, 0.3) is 5.91 Å².